The number of aryl methyl sites for hydroxylation is 1. The largest absolute Gasteiger partial charge is 0.493 e. The summed E-state index contributed by atoms with van der Waals surface area (Å²) in [5.41, 5.74) is 8.18. The van der Waals surface area contributed by atoms with E-state index in [9.17, 15) is 0 Å². The van der Waals surface area contributed by atoms with Crippen LogP contribution in [0.15, 0.2) is 12.1 Å². The first kappa shape index (κ1) is 11.9. The third kappa shape index (κ3) is 2.86. The van der Waals surface area contributed by atoms with Gasteiger partial charge in [0, 0.05) is 6.04 Å². The topological polar surface area (TPSA) is 44.5 Å². The van der Waals surface area contributed by atoms with Crippen LogP contribution in [0.2, 0.25) is 0 Å². The highest BCUT2D eigenvalue weighted by molar-refractivity contribution is 5.47. The third-order valence-corrected chi connectivity index (χ3v) is 2.38. The molecule has 0 heterocycles. The van der Waals surface area contributed by atoms with Gasteiger partial charge in [-0.1, -0.05) is 0 Å². The van der Waals surface area contributed by atoms with Gasteiger partial charge in [-0.3, -0.25) is 0 Å². The number of benzene rings is 1. The highest BCUT2D eigenvalue weighted by Crippen LogP contribution is 2.30. The maximum atomic E-state index is 5.78. The lowest BCUT2D eigenvalue weighted by atomic mass is 10.0. The van der Waals surface area contributed by atoms with Crippen LogP contribution in [0.5, 0.6) is 11.5 Å². The number of rotatable bonds is 4. The van der Waals surface area contributed by atoms with E-state index in [1.807, 2.05) is 19.1 Å². The van der Waals surface area contributed by atoms with Crippen LogP contribution in [0.1, 0.15) is 18.1 Å². The fourth-order valence-corrected chi connectivity index (χ4v) is 1.59. The fourth-order valence-electron chi connectivity index (χ4n) is 1.59. The molecule has 15 heavy (non-hydrogen) atoms. The molecule has 1 unspecified atom stereocenters. The summed E-state index contributed by atoms with van der Waals surface area (Å²) in [7, 11) is 3.28. The van der Waals surface area contributed by atoms with E-state index in [-0.39, 0.29) is 6.04 Å². The molecule has 84 valence electrons. The molecular weight excluding hydrogens is 190 g/mol. The van der Waals surface area contributed by atoms with Gasteiger partial charge in [0.25, 0.3) is 0 Å². The molecular formula is C12H19NO2. The van der Waals surface area contributed by atoms with Crippen molar-refractivity contribution in [3.05, 3.63) is 23.3 Å². The average molecular weight is 209 g/mol. The van der Waals surface area contributed by atoms with E-state index >= 15 is 0 Å². The molecule has 0 aromatic heterocycles. The van der Waals surface area contributed by atoms with Crippen molar-refractivity contribution in [3.8, 4) is 11.5 Å². The molecule has 3 heteroatoms. The summed E-state index contributed by atoms with van der Waals surface area (Å²) >= 11 is 0. The molecule has 0 saturated heterocycles. The van der Waals surface area contributed by atoms with Gasteiger partial charge in [0.2, 0.25) is 0 Å². The summed E-state index contributed by atoms with van der Waals surface area (Å²) in [6.07, 6.45) is 0.853. The molecule has 0 bridgehead atoms. The summed E-state index contributed by atoms with van der Waals surface area (Å²) < 4.78 is 10.5. The van der Waals surface area contributed by atoms with E-state index in [1.54, 1.807) is 14.2 Å². The molecule has 0 aliphatic heterocycles. The number of hydrogen-bond acceptors (Lipinski definition) is 3. The normalized spacial score (nSPS) is 12.3. The van der Waals surface area contributed by atoms with Gasteiger partial charge in [-0.25, -0.2) is 0 Å². The van der Waals surface area contributed by atoms with Crippen molar-refractivity contribution in [2.75, 3.05) is 14.2 Å². The zero-order valence-corrected chi connectivity index (χ0v) is 9.83. The predicted molar refractivity (Wildman–Crippen MR) is 61.6 cm³/mol. The second kappa shape index (κ2) is 5.03. The number of nitrogens with two attached hydrogens (primary N) is 1. The Labute approximate surface area is 91.2 Å². The molecule has 0 aliphatic rings. The van der Waals surface area contributed by atoms with Crippen molar-refractivity contribution in [1.29, 1.82) is 0 Å². The van der Waals surface area contributed by atoms with E-state index in [0.29, 0.717) is 0 Å². The molecule has 0 saturated carbocycles. The highest BCUT2D eigenvalue weighted by Gasteiger charge is 2.09. The van der Waals surface area contributed by atoms with Gasteiger partial charge in [-0.2, -0.15) is 0 Å². The highest BCUT2D eigenvalue weighted by atomic mass is 16.5. The quantitative estimate of drug-likeness (QED) is 0.823. The van der Waals surface area contributed by atoms with Crippen molar-refractivity contribution < 1.29 is 9.47 Å². The third-order valence-electron chi connectivity index (χ3n) is 2.38. The van der Waals surface area contributed by atoms with Crippen molar-refractivity contribution in [3.63, 3.8) is 0 Å². The lowest BCUT2D eigenvalue weighted by Crippen LogP contribution is -2.18. The Morgan fingerprint density at radius 1 is 1.20 bits per heavy atom. The molecule has 2 N–H and O–H groups in total. The van der Waals surface area contributed by atoms with Crippen LogP contribution in [0.4, 0.5) is 0 Å². The average Bonchev–Trinajstić information content (AvgIpc) is 2.19. The van der Waals surface area contributed by atoms with Crippen LogP contribution in [0, 0.1) is 6.92 Å². The van der Waals surface area contributed by atoms with Gasteiger partial charge in [0.15, 0.2) is 11.5 Å². The molecule has 0 radical (unpaired) electrons. The van der Waals surface area contributed by atoms with Crippen molar-refractivity contribution in [1.82, 2.24) is 0 Å². The molecule has 3 nitrogen and oxygen atoms in total. The number of methoxy groups -OCH3 is 2. The first-order valence-corrected chi connectivity index (χ1v) is 5.05. The van der Waals surface area contributed by atoms with E-state index in [0.717, 1.165) is 17.9 Å². The SMILES string of the molecule is COc1cc(C)c(CC(C)N)cc1OC. The zero-order chi connectivity index (χ0) is 11.4. The Morgan fingerprint density at radius 2 is 1.73 bits per heavy atom. The van der Waals surface area contributed by atoms with Crippen molar-refractivity contribution in [2.45, 2.75) is 26.3 Å². The van der Waals surface area contributed by atoms with E-state index in [4.69, 9.17) is 15.2 Å². The van der Waals surface area contributed by atoms with E-state index < -0.39 is 0 Å². The second-order valence-electron chi connectivity index (χ2n) is 3.82. The first-order chi connectivity index (χ1) is 7.08. The second-order valence-corrected chi connectivity index (χ2v) is 3.82. The molecule has 1 aromatic rings. The van der Waals surface area contributed by atoms with Crippen LogP contribution in [0.25, 0.3) is 0 Å². The Bertz CT molecular complexity index is 335. The molecule has 1 atom stereocenters. The van der Waals surface area contributed by atoms with Crippen LogP contribution >= 0.6 is 0 Å². The predicted octanol–water partition coefficient (Wildman–Crippen LogP) is 1.90. The summed E-state index contributed by atoms with van der Waals surface area (Å²) in [6.45, 7) is 4.05. The van der Waals surface area contributed by atoms with Gasteiger partial charge < -0.3 is 15.2 Å². The minimum Gasteiger partial charge on any atom is -0.493 e. The van der Waals surface area contributed by atoms with Crippen LogP contribution in [-0.4, -0.2) is 20.3 Å². The summed E-state index contributed by atoms with van der Waals surface area (Å²) in [5.74, 6) is 1.53. The lowest BCUT2D eigenvalue weighted by molar-refractivity contribution is 0.354. The fraction of sp³-hybridized carbons (Fsp3) is 0.500. The van der Waals surface area contributed by atoms with Gasteiger partial charge >= 0.3 is 0 Å². The molecule has 1 rings (SSSR count). The van der Waals surface area contributed by atoms with Gasteiger partial charge in [0.05, 0.1) is 14.2 Å². The van der Waals surface area contributed by atoms with Gasteiger partial charge in [-0.05, 0) is 43.5 Å². The Kier molecular flexibility index (Phi) is 3.97. The van der Waals surface area contributed by atoms with Gasteiger partial charge in [0.1, 0.15) is 0 Å². The van der Waals surface area contributed by atoms with Crippen LogP contribution in [0.3, 0.4) is 0 Å². The summed E-state index contributed by atoms with van der Waals surface area (Å²) in [4.78, 5) is 0. The molecule has 0 amide bonds. The smallest absolute Gasteiger partial charge is 0.161 e. The van der Waals surface area contributed by atoms with Crippen molar-refractivity contribution >= 4 is 0 Å². The Balaban J connectivity index is 3.08. The summed E-state index contributed by atoms with van der Waals surface area (Å²) in [6, 6.07) is 4.13. The monoisotopic (exact) mass is 209 g/mol. The molecule has 0 spiro atoms. The summed E-state index contributed by atoms with van der Waals surface area (Å²) in [5, 5.41) is 0. The maximum Gasteiger partial charge on any atom is 0.161 e. The standard InChI is InChI=1S/C12H19NO2/c1-8-5-11(14-3)12(15-4)7-10(8)6-9(2)13/h5,7,9H,6,13H2,1-4H3. The van der Waals surface area contributed by atoms with E-state index in [2.05, 4.69) is 6.92 Å². The first-order valence-electron chi connectivity index (χ1n) is 5.05. The molecule has 0 aliphatic carbocycles. The van der Waals surface area contributed by atoms with E-state index in [1.165, 1.54) is 11.1 Å². The number of hydrogen-bond donors (Lipinski definition) is 1. The molecule has 1 aromatic carbocycles. The molecule has 0 fully saturated rings. The lowest BCUT2D eigenvalue weighted by Gasteiger charge is -2.13. The Morgan fingerprint density at radius 3 is 2.20 bits per heavy atom. The number of ether oxygens (including phenoxy) is 2. The van der Waals surface area contributed by atoms with Crippen LogP contribution < -0.4 is 15.2 Å². The maximum absolute atomic E-state index is 5.78. The van der Waals surface area contributed by atoms with Crippen molar-refractivity contribution in [2.24, 2.45) is 5.73 Å². The minimum absolute atomic E-state index is 0.154. The Hall–Kier alpha value is -1.22. The van der Waals surface area contributed by atoms with Gasteiger partial charge in [-0.15, -0.1) is 0 Å². The van der Waals surface area contributed by atoms with Crippen LogP contribution in [-0.2, 0) is 6.42 Å². The zero-order valence-electron chi connectivity index (χ0n) is 9.83. The minimum atomic E-state index is 0.154.